The van der Waals surface area contributed by atoms with Crippen LogP contribution in [0.4, 0.5) is 0 Å². The van der Waals surface area contributed by atoms with Crippen molar-refractivity contribution < 1.29 is 0 Å². The molecule has 0 aromatic heterocycles. The van der Waals surface area contributed by atoms with Crippen molar-refractivity contribution >= 4 is 0 Å². The molecule has 0 amide bonds. The molecule has 0 aromatic rings. The van der Waals surface area contributed by atoms with Crippen LogP contribution in [-0.2, 0) is 0 Å². The number of likely N-dealkylation sites (tertiary alicyclic amines) is 1. The molecule has 1 N–H and O–H groups in total. The van der Waals surface area contributed by atoms with E-state index < -0.39 is 0 Å². The zero-order chi connectivity index (χ0) is 12.9. The fourth-order valence-electron chi connectivity index (χ4n) is 6.65. The summed E-state index contributed by atoms with van der Waals surface area (Å²) in [6.45, 7) is 4.04. The summed E-state index contributed by atoms with van der Waals surface area (Å²) >= 11 is 0. The van der Waals surface area contributed by atoms with Crippen LogP contribution in [-0.4, -0.2) is 37.1 Å². The lowest BCUT2D eigenvalue weighted by atomic mass is 9.46. The molecule has 0 spiro atoms. The maximum Gasteiger partial charge on any atom is 0.0220 e. The Morgan fingerprint density at radius 1 is 1.05 bits per heavy atom. The SMILES string of the molecule is CNCCC12CC3CC(C1)CC(N1CCCC1)(C3)C2. The maximum atomic E-state index is 3.41. The van der Waals surface area contributed by atoms with Gasteiger partial charge < -0.3 is 5.32 Å². The molecule has 5 fully saturated rings. The number of nitrogens with zero attached hydrogens (tertiary/aromatic N) is 1. The van der Waals surface area contributed by atoms with E-state index in [0.717, 1.165) is 17.3 Å². The third-order valence-corrected chi connectivity index (χ3v) is 6.83. The van der Waals surface area contributed by atoms with E-state index >= 15 is 0 Å². The van der Waals surface area contributed by atoms with Crippen molar-refractivity contribution in [3.63, 3.8) is 0 Å². The van der Waals surface area contributed by atoms with E-state index in [0.29, 0.717) is 5.54 Å². The average Bonchev–Trinajstić information content (AvgIpc) is 2.89. The average molecular weight is 262 g/mol. The molecule has 4 bridgehead atoms. The van der Waals surface area contributed by atoms with E-state index in [1.54, 1.807) is 32.1 Å². The van der Waals surface area contributed by atoms with Crippen LogP contribution in [0.2, 0.25) is 0 Å². The third-order valence-electron chi connectivity index (χ3n) is 6.83. The Balaban J connectivity index is 1.60. The van der Waals surface area contributed by atoms with Gasteiger partial charge in [-0.15, -0.1) is 0 Å². The van der Waals surface area contributed by atoms with Gasteiger partial charge in [0.05, 0.1) is 0 Å². The Hall–Kier alpha value is -0.0800. The van der Waals surface area contributed by atoms with Crippen molar-refractivity contribution in [1.29, 1.82) is 0 Å². The summed E-state index contributed by atoms with van der Waals surface area (Å²) in [6, 6.07) is 0. The van der Waals surface area contributed by atoms with Gasteiger partial charge in [0.15, 0.2) is 0 Å². The Kier molecular flexibility index (Phi) is 2.97. The highest BCUT2D eigenvalue weighted by Gasteiger charge is 2.59. The van der Waals surface area contributed by atoms with E-state index in [9.17, 15) is 0 Å². The monoisotopic (exact) mass is 262 g/mol. The van der Waals surface area contributed by atoms with Crippen LogP contribution in [0.3, 0.4) is 0 Å². The second kappa shape index (κ2) is 4.46. The lowest BCUT2D eigenvalue weighted by Gasteiger charge is -2.65. The van der Waals surface area contributed by atoms with Gasteiger partial charge >= 0.3 is 0 Å². The Morgan fingerprint density at radius 2 is 1.74 bits per heavy atom. The van der Waals surface area contributed by atoms with Crippen molar-refractivity contribution in [3.05, 3.63) is 0 Å². The molecule has 4 aliphatic carbocycles. The first-order valence-electron chi connectivity index (χ1n) is 8.63. The van der Waals surface area contributed by atoms with Gasteiger partial charge in [-0.05, 0) is 102 Å². The van der Waals surface area contributed by atoms with E-state index in [1.807, 2.05) is 0 Å². The second-order valence-electron chi connectivity index (χ2n) is 8.23. The minimum absolute atomic E-state index is 0.647. The predicted molar refractivity (Wildman–Crippen MR) is 79.2 cm³/mol. The lowest BCUT2D eigenvalue weighted by Crippen LogP contribution is -2.62. The number of hydrogen-bond acceptors (Lipinski definition) is 2. The highest BCUT2D eigenvalue weighted by molar-refractivity contribution is 5.12. The van der Waals surface area contributed by atoms with Crippen LogP contribution in [0.25, 0.3) is 0 Å². The van der Waals surface area contributed by atoms with Gasteiger partial charge in [0.2, 0.25) is 0 Å². The van der Waals surface area contributed by atoms with Crippen LogP contribution >= 0.6 is 0 Å². The topological polar surface area (TPSA) is 15.3 Å². The fourth-order valence-corrected chi connectivity index (χ4v) is 6.65. The zero-order valence-electron chi connectivity index (χ0n) is 12.6. The van der Waals surface area contributed by atoms with Gasteiger partial charge in [0, 0.05) is 5.54 Å². The second-order valence-corrected chi connectivity index (χ2v) is 8.23. The van der Waals surface area contributed by atoms with Gasteiger partial charge in [0.25, 0.3) is 0 Å². The maximum absolute atomic E-state index is 3.41. The summed E-state index contributed by atoms with van der Waals surface area (Å²) in [5.74, 6) is 2.14. The summed E-state index contributed by atoms with van der Waals surface area (Å²) in [4.78, 5) is 2.93. The van der Waals surface area contributed by atoms with Crippen LogP contribution in [0.5, 0.6) is 0 Å². The van der Waals surface area contributed by atoms with Crippen molar-refractivity contribution in [2.45, 2.75) is 63.3 Å². The van der Waals surface area contributed by atoms with Gasteiger partial charge in [0.1, 0.15) is 0 Å². The third kappa shape index (κ3) is 1.98. The van der Waals surface area contributed by atoms with Gasteiger partial charge in [-0.1, -0.05) is 0 Å². The molecule has 2 heteroatoms. The minimum Gasteiger partial charge on any atom is -0.320 e. The van der Waals surface area contributed by atoms with Crippen LogP contribution in [0, 0.1) is 17.3 Å². The molecule has 1 heterocycles. The van der Waals surface area contributed by atoms with E-state index in [2.05, 4.69) is 17.3 Å². The molecule has 5 aliphatic rings. The quantitative estimate of drug-likeness (QED) is 0.838. The smallest absolute Gasteiger partial charge is 0.0220 e. The Morgan fingerprint density at radius 3 is 2.37 bits per heavy atom. The molecule has 2 unspecified atom stereocenters. The molecule has 19 heavy (non-hydrogen) atoms. The summed E-state index contributed by atoms with van der Waals surface area (Å²) in [5.41, 5.74) is 1.37. The summed E-state index contributed by atoms with van der Waals surface area (Å²) in [6.07, 6.45) is 13.7. The molecule has 5 rings (SSSR count). The van der Waals surface area contributed by atoms with E-state index in [-0.39, 0.29) is 0 Å². The molecule has 1 aliphatic heterocycles. The minimum atomic E-state index is 0.647. The Bertz CT molecular complexity index is 331. The zero-order valence-corrected chi connectivity index (χ0v) is 12.6. The van der Waals surface area contributed by atoms with Crippen molar-refractivity contribution in [1.82, 2.24) is 10.2 Å². The van der Waals surface area contributed by atoms with Crippen molar-refractivity contribution in [2.24, 2.45) is 17.3 Å². The normalized spacial score (nSPS) is 49.1. The van der Waals surface area contributed by atoms with E-state index in [4.69, 9.17) is 0 Å². The van der Waals surface area contributed by atoms with Gasteiger partial charge in [-0.25, -0.2) is 0 Å². The summed E-state index contributed by atoms with van der Waals surface area (Å²) in [7, 11) is 2.12. The first-order chi connectivity index (χ1) is 9.24. The van der Waals surface area contributed by atoms with E-state index in [1.165, 1.54) is 45.3 Å². The standard InChI is InChI=1S/C17H30N2/c1-18-5-4-16-9-14-8-15(10-16)12-17(11-14,13-16)19-6-2-3-7-19/h14-15,18H,2-13H2,1H3. The first kappa shape index (κ1) is 12.6. The van der Waals surface area contributed by atoms with Gasteiger partial charge in [-0.3, -0.25) is 4.90 Å². The fraction of sp³-hybridized carbons (Fsp3) is 1.00. The van der Waals surface area contributed by atoms with Crippen molar-refractivity contribution in [3.8, 4) is 0 Å². The number of hydrogen-bond donors (Lipinski definition) is 1. The molecule has 0 radical (unpaired) electrons. The molecular weight excluding hydrogens is 232 g/mol. The molecule has 2 nitrogen and oxygen atoms in total. The predicted octanol–water partition coefficient (Wildman–Crippen LogP) is 3.03. The number of nitrogens with one attached hydrogen (secondary N) is 1. The molecule has 108 valence electrons. The highest BCUT2D eigenvalue weighted by Crippen LogP contribution is 2.64. The molecule has 2 atom stereocenters. The largest absolute Gasteiger partial charge is 0.320 e. The Labute approximate surface area is 118 Å². The summed E-state index contributed by atoms with van der Waals surface area (Å²) < 4.78 is 0. The molecule has 4 saturated carbocycles. The summed E-state index contributed by atoms with van der Waals surface area (Å²) in [5, 5.41) is 3.41. The van der Waals surface area contributed by atoms with Crippen LogP contribution in [0.15, 0.2) is 0 Å². The molecular formula is C17H30N2. The van der Waals surface area contributed by atoms with Gasteiger partial charge in [-0.2, -0.15) is 0 Å². The highest BCUT2D eigenvalue weighted by atomic mass is 15.2. The lowest BCUT2D eigenvalue weighted by molar-refractivity contribution is -0.129. The van der Waals surface area contributed by atoms with Crippen LogP contribution < -0.4 is 5.32 Å². The first-order valence-corrected chi connectivity index (χ1v) is 8.63. The van der Waals surface area contributed by atoms with Crippen LogP contribution in [0.1, 0.15) is 57.8 Å². The van der Waals surface area contributed by atoms with Crippen molar-refractivity contribution in [2.75, 3.05) is 26.7 Å². The molecule has 0 aromatic carbocycles. The molecule has 1 saturated heterocycles. The number of rotatable bonds is 4.